The van der Waals surface area contributed by atoms with E-state index in [0.29, 0.717) is 5.69 Å². The molecule has 7 heteroatoms. The van der Waals surface area contributed by atoms with Crippen LogP contribution >= 0.6 is 23.1 Å². The van der Waals surface area contributed by atoms with Gasteiger partial charge in [-0.2, -0.15) is 0 Å². The Morgan fingerprint density at radius 2 is 2.10 bits per heavy atom. The van der Waals surface area contributed by atoms with Crippen molar-refractivity contribution in [3.8, 4) is 5.75 Å². The fourth-order valence-electron chi connectivity index (χ4n) is 1.46. The van der Waals surface area contributed by atoms with E-state index < -0.39 is 5.97 Å². The van der Waals surface area contributed by atoms with Gasteiger partial charge in [0.15, 0.2) is 0 Å². The third-order valence-electron chi connectivity index (χ3n) is 2.35. The van der Waals surface area contributed by atoms with Crippen LogP contribution in [0.2, 0.25) is 0 Å². The number of rotatable bonds is 5. The molecule has 0 spiro atoms. The van der Waals surface area contributed by atoms with Crippen molar-refractivity contribution in [1.29, 1.82) is 0 Å². The van der Waals surface area contributed by atoms with Crippen LogP contribution in [0.25, 0.3) is 0 Å². The lowest BCUT2D eigenvalue weighted by atomic mass is 10.2. The first-order chi connectivity index (χ1) is 9.56. The molecule has 1 aromatic carbocycles. The molecule has 1 amide bonds. The molecule has 0 atom stereocenters. The second-order valence-corrected chi connectivity index (χ2v) is 6.03. The van der Waals surface area contributed by atoms with E-state index in [0.717, 1.165) is 4.21 Å². The van der Waals surface area contributed by atoms with Crippen LogP contribution in [0.4, 0.5) is 5.69 Å². The highest BCUT2D eigenvalue weighted by Crippen LogP contribution is 2.24. The summed E-state index contributed by atoms with van der Waals surface area (Å²) in [5, 5.41) is 22.8. The van der Waals surface area contributed by atoms with Gasteiger partial charge in [-0.3, -0.25) is 4.79 Å². The van der Waals surface area contributed by atoms with Gasteiger partial charge in [-0.1, -0.05) is 6.07 Å². The Bertz CT molecular complexity index is 625. The average Bonchev–Trinajstić information content (AvgIpc) is 2.91. The number of nitrogens with one attached hydrogen (secondary N) is 1. The summed E-state index contributed by atoms with van der Waals surface area (Å²) < 4.78 is 1.04. The van der Waals surface area contributed by atoms with E-state index in [1.54, 1.807) is 11.3 Å². The molecule has 0 bridgehead atoms. The molecule has 20 heavy (non-hydrogen) atoms. The fourth-order valence-corrected chi connectivity index (χ4v) is 3.05. The van der Waals surface area contributed by atoms with Crippen LogP contribution < -0.4 is 5.32 Å². The van der Waals surface area contributed by atoms with Crippen LogP contribution in [0, 0.1) is 0 Å². The van der Waals surface area contributed by atoms with Gasteiger partial charge in [-0.15, -0.1) is 23.1 Å². The number of thiophene rings is 1. The van der Waals surface area contributed by atoms with Crippen LogP contribution in [-0.4, -0.2) is 27.8 Å². The molecule has 1 aromatic heterocycles. The van der Waals surface area contributed by atoms with E-state index in [2.05, 4.69) is 5.32 Å². The average molecular weight is 309 g/mol. The molecule has 0 aliphatic rings. The number of carboxylic acids is 1. The fraction of sp³-hybridized carbons (Fsp3) is 0.0769. The van der Waals surface area contributed by atoms with Crippen molar-refractivity contribution in [2.45, 2.75) is 4.21 Å². The Labute approximate surface area is 123 Å². The Kier molecular flexibility index (Phi) is 4.65. The molecule has 0 radical (unpaired) electrons. The van der Waals surface area contributed by atoms with Gasteiger partial charge in [0.25, 0.3) is 0 Å². The van der Waals surface area contributed by atoms with Crippen molar-refractivity contribution in [3.63, 3.8) is 0 Å². The summed E-state index contributed by atoms with van der Waals surface area (Å²) >= 11 is 2.96. The Hall–Kier alpha value is -1.99. The smallest absolute Gasteiger partial charge is 0.339 e. The molecule has 2 rings (SSSR count). The van der Waals surface area contributed by atoms with Crippen molar-refractivity contribution < 1.29 is 19.8 Å². The maximum absolute atomic E-state index is 11.7. The maximum atomic E-state index is 11.7. The molecule has 0 aliphatic heterocycles. The Morgan fingerprint density at radius 1 is 1.30 bits per heavy atom. The molecular formula is C13H11NO4S2. The Balaban J connectivity index is 1.97. The quantitative estimate of drug-likeness (QED) is 0.584. The maximum Gasteiger partial charge on any atom is 0.339 e. The highest BCUT2D eigenvalue weighted by Gasteiger charge is 2.11. The van der Waals surface area contributed by atoms with Crippen LogP contribution in [0.5, 0.6) is 5.75 Å². The van der Waals surface area contributed by atoms with Gasteiger partial charge in [0.1, 0.15) is 11.3 Å². The number of amides is 1. The minimum absolute atomic E-state index is 0.231. The molecule has 0 aliphatic carbocycles. The van der Waals surface area contributed by atoms with Crippen molar-refractivity contribution in [2.24, 2.45) is 0 Å². The molecule has 0 saturated heterocycles. The van der Waals surface area contributed by atoms with Crippen molar-refractivity contribution >= 4 is 40.7 Å². The van der Waals surface area contributed by atoms with Crippen LogP contribution in [-0.2, 0) is 4.79 Å². The molecule has 0 unspecified atom stereocenters. The molecule has 0 saturated carbocycles. The topological polar surface area (TPSA) is 86.6 Å². The molecule has 104 valence electrons. The number of thioether (sulfide) groups is 1. The van der Waals surface area contributed by atoms with Gasteiger partial charge in [0, 0.05) is 5.69 Å². The van der Waals surface area contributed by atoms with E-state index >= 15 is 0 Å². The number of carboxylic acid groups (broad SMARTS) is 1. The number of aromatic carboxylic acids is 1. The van der Waals surface area contributed by atoms with Gasteiger partial charge in [0.05, 0.1) is 9.96 Å². The minimum Gasteiger partial charge on any atom is -0.507 e. The zero-order chi connectivity index (χ0) is 14.5. The Morgan fingerprint density at radius 3 is 2.75 bits per heavy atom. The van der Waals surface area contributed by atoms with E-state index in [1.165, 1.54) is 30.0 Å². The summed E-state index contributed by atoms with van der Waals surface area (Å²) in [5.74, 6) is -1.57. The summed E-state index contributed by atoms with van der Waals surface area (Å²) in [6.45, 7) is 0. The normalized spacial score (nSPS) is 10.2. The lowest BCUT2D eigenvalue weighted by molar-refractivity contribution is -0.113. The molecule has 2 aromatic rings. The third-order valence-corrected chi connectivity index (χ3v) is 4.48. The summed E-state index contributed by atoms with van der Waals surface area (Å²) in [4.78, 5) is 22.6. The summed E-state index contributed by atoms with van der Waals surface area (Å²) in [7, 11) is 0. The predicted molar refractivity (Wildman–Crippen MR) is 78.7 cm³/mol. The summed E-state index contributed by atoms with van der Waals surface area (Å²) in [5.41, 5.74) is 0.102. The van der Waals surface area contributed by atoms with Gasteiger partial charge in [0.2, 0.25) is 5.91 Å². The first kappa shape index (κ1) is 14.4. The van der Waals surface area contributed by atoms with E-state index in [1.807, 2.05) is 17.5 Å². The largest absolute Gasteiger partial charge is 0.507 e. The number of hydrogen-bond donors (Lipinski definition) is 3. The minimum atomic E-state index is -1.24. The number of anilines is 1. The molecule has 3 N–H and O–H groups in total. The summed E-state index contributed by atoms with van der Waals surface area (Å²) in [6, 6.07) is 7.75. The van der Waals surface area contributed by atoms with Gasteiger partial charge in [-0.25, -0.2) is 4.79 Å². The molecule has 0 fully saturated rings. The molecular weight excluding hydrogens is 298 g/mol. The number of aromatic hydroxyl groups is 1. The van der Waals surface area contributed by atoms with Crippen molar-refractivity contribution in [3.05, 3.63) is 41.3 Å². The van der Waals surface area contributed by atoms with Crippen molar-refractivity contribution in [1.82, 2.24) is 0 Å². The van der Waals surface area contributed by atoms with Crippen LogP contribution in [0.3, 0.4) is 0 Å². The summed E-state index contributed by atoms with van der Waals surface area (Å²) in [6.07, 6.45) is 0. The zero-order valence-electron chi connectivity index (χ0n) is 10.2. The molecule has 5 nitrogen and oxygen atoms in total. The first-order valence-corrected chi connectivity index (χ1v) is 7.45. The van der Waals surface area contributed by atoms with Crippen LogP contribution in [0.1, 0.15) is 10.4 Å². The predicted octanol–water partition coefficient (Wildman–Crippen LogP) is 2.88. The van der Waals surface area contributed by atoms with Gasteiger partial charge >= 0.3 is 5.97 Å². The van der Waals surface area contributed by atoms with Crippen LogP contribution in [0.15, 0.2) is 39.9 Å². The SMILES string of the molecule is O=C(CSc1cccs1)Nc1ccc(O)c(C(=O)O)c1. The third kappa shape index (κ3) is 3.75. The number of carbonyl (C=O) groups excluding carboxylic acids is 1. The van der Waals surface area contributed by atoms with E-state index in [4.69, 9.17) is 5.11 Å². The van der Waals surface area contributed by atoms with Gasteiger partial charge in [-0.05, 0) is 29.6 Å². The highest BCUT2D eigenvalue weighted by molar-refractivity contribution is 8.01. The second kappa shape index (κ2) is 6.44. The highest BCUT2D eigenvalue weighted by atomic mass is 32.2. The van der Waals surface area contributed by atoms with E-state index in [-0.39, 0.29) is 23.0 Å². The first-order valence-electron chi connectivity index (χ1n) is 5.59. The number of carbonyl (C=O) groups is 2. The second-order valence-electron chi connectivity index (χ2n) is 3.81. The monoisotopic (exact) mass is 309 g/mol. The van der Waals surface area contributed by atoms with Crippen molar-refractivity contribution in [2.75, 3.05) is 11.1 Å². The number of phenols is 1. The lowest BCUT2D eigenvalue weighted by Crippen LogP contribution is -2.14. The lowest BCUT2D eigenvalue weighted by Gasteiger charge is -2.06. The number of benzene rings is 1. The zero-order valence-corrected chi connectivity index (χ0v) is 11.8. The number of hydrogen-bond acceptors (Lipinski definition) is 5. The standard InChI is InChI=1S/C13H11NO4S2/c15-10-4-3-8(6-9(10)13(17)18)14-11(16)7-20-12-2-1-5-19-12/h1-6,15H,7H2,(H,14,16)(H,17,18). The van der Waals surface area contributed by atoms with Gasteiger partial charge < -0.3 is 15.5 Å². The molecule has 1 heterocycles. The van der Waals surface area contributed by atoms with E-state index in [9.17, 15) is 14.7 Å².